The SMILES string of the molecule is COc1cccc(CNC(=O)N(CCC(=O)O)C2CC2)c1. The zero-order chi connectivity index (χ0) is 15.2. The number of urea groups is 1. The van der Waals surface area contributed by atoms with E-state index < -0.39 is 5.97 Å². The van der Waals surface area contributed by atoms with E-state index in [0.29, 0.717) is 6.54 Å². The molecule has 0 saturated heterocycles. The summed E-state index contributed by atoms with van der Waals surface area (Å²) in [5.74, 6) is -0.145. The second-order valence-electron chi connectivity index (χ2n) is 5.08. The molecule has 1 aliphatic rings. The number of amides is 2. The molecule has 0 aliphatic heterocycles. The normalized spacial score (nSPS) is 13.6. The molecular weight excluding hydrogens is 272 g/mol. The van der Waals surface area contributed by atoms with Gasteiger partial charge in [0, 0.05) is 19.1 Å². The molecule has 2 amide bonds. The van der Waals surface area contributed by atoms with Crippen LogP contribution in [0.3, 0.4) is 0 Å². The molecule has 1 aromatic carbocycles. The summed E-state index contributed by atoms with van der Waals surface area (Å²) in [7, 11) is 1.60. The fraction of sp³-hybridized carbons (Fsp3) is 0.467. The van der Waals surface area contributed by atoms with Crippen molar-refractivity contribution in [1.82, 2.24) is 10.2 Å². The lowest BCUT2D eigenvalue weighted by Gasteiger charge is -2.22. The van der Waals surface area contributed by atoms with E-state index in [0.717, 1.165) is 24.2 Å². The molecule has 2 rings (SSSR count). The first kappa shape index (κ1) is 15.2. The molecule has 0 spiro atoms. The molecule has 0 atom stereocenters. The van der Waals surface area contributed by atoms with Crippen molar-refractivity contribution in [2.75, 3.05) is 13.7 Å². The monoisotopic (exact) mass is 292 g/mol. The van der Waals surface area contributed by atoms with Crippen LogP contribution >= 0.6 is 0 Å². The molecule has 2 N–H and O–H groups in total. The van der Waals surface area contributed by atoms with Crippen molar-refractivity contribution in [3.8, 4) is 5.75 Å². The molecule has 6 heteroatoms. The number of nitrogens with zero attached hydrogens (tertiary/aromatic N) is 1. The second-order valence-corrected chi connectivity index (χ2v) is 5.08. The van der Waals surface area contributed by atoms with Crippen LogP contribution in [0.5, 0.6) is 5.75 Å². The lowest BCUT2D eigenvalue weighted by atomic mass is 10.2. The number of carbonyl (C=O) groups is 2. The fourth-order valence-corrected chi connectivity index (χ4v) is 2.11. The molecular formula is C15H20N2O4. The molecule has 21 heavy (non-hydrogen) atoms. The minimum atomic E-state index is -0.888. The van der Waals surface area contributed by atoms with Crippen LogP contribution in [0.4, 0.5) is 4.79 Å². The highest BCUT2D eigenvalue weighted by molar-refractivity contribution is 5.76. The average molecular weight is 292 g/mol. The van der Waals surface area contributed by atoms with Crippen LogP contribution in [0.2, 0.25) is 0 Å². The van der Waals surface area contributed by atoms with Crippen LogP contribution in [0.1, 0.15) is 24.8 Å². The quantitative estimate of drug-likeness (QED) is 0.804. The third-order valence-electron chi connectivity index (χ3n) is 3.39. The number of nitrogens with one attached hydrogen (secondary N) is 1. The predicted molar refractivity (Wildman–Crippen MR) is 77.2 cm³/mol. The van der Waals surface area contributed by atoms with E-state index >= 15 is 0 Å². The maximum absolute atomic E-state index is 12.2. The Labute approximate surface area is 123 Å². The van der Waals surface area contributed by atoms with E-state index in [1.54, 1.807) is 12.0 Å². The van der Waals surface area contributed by atoms with Crippen LogP contribution in [0, 0.1) is 0 Å². The molecule has 1 aliphatic carbocycles. The lowest BCUT2D eigenvalue weighted by molar-refractivity contribution is -0.137. The molecule has 0 radical (unpaired) electrons. The van der Waals surface area contributed by atoms with Crippen molar-refractivity contribution >= 4 is 12.0 Å². The molecule has 1 fully saturated rings. The van der Waals surface area contributed by atoms with Crippen molar-refractivity contribution in [1.29, 1.82) is 0 Å². The average Bonchev–Trinajstić information content (AvgIpc) is 3.30. The van der Waals surface area contributed by atoms with E-state index in [-0.39, 0.29) is 25.0 Å². The van der Waals surface area contributed by atoms with Crippen LogP contribution in [0.15, 0.2) is 24.3 Å². The molecule has 6 nitrogen and oxygen atoms in total. The van der Waals surface area contributed by atoms with Gasteiger partial charge in [0.1, 0.15) is 5.75 Å². The number of benzene rings is 1. The molecule has 0 bridgehead atoms. The van der Waals surface area contributed by atoms with Crippen LogP contribution < -0.4 is 10.1 Å². The number of hydrogen-bond donors (Lipinski definition) is 2. The standard InChI is InChI=1S/C15H20N2O4/c1-21-13-4-2-3-11(9-13)10-16-15(20)17(12-5-6-12)8-7-14(18)19/h2-4,9,12H,5-8,10H2,1H3,(H,16,20)(H,18,19). The molecule has 1 aromatic rings. The highest BCUT2D eigenvalue weighted by atomic mass is 16.5. The van der Waals surface area contributed by atoms with Crippen molar-refractivity contribution in [3.05, 3.63) is 29.8 Å². The van der Waals surface area contributed by atoms with Crippen molar-refractivity contribution < 1.29 is 19.4 Å². The van der Waals surface area contributed by atoms with Gasteiger partial charge >= 0.3 is 12.0 Å². The van der Waals surface area contributed by atoms with Gasteiger partial charge in [-0.05, 0) is 30.5 Å². The molecule has 1 saturated carbocycles. The minimum absolute atomic E-state index is 0.0247. The second kappa shape index (κ2) is 6.97. The third kappa shape index (κ3) is 4.66. The highest BCUT2D eigenvalue weighted by Gasteiger charge is 2.32. The zero-order valence-electron chi connectivity index (χ0n) is 12.0. The highest BCUT2D eigenvalue weighted by Crippen LogP contribution is 2.27. The van der Waals surface area contributed by atoms with Gasteiger partial charge in [0.25, 0.3) is 0 Å². The Kier molecular flexibility index (Phi) is 5.03. The van der Waals surface area contributed by atoms with E-state index in [1.807, 2.05) is 24.3 Å². The van der Waals surface area contributed by atoms with Gasteiger partial charge in [0.15, 0.2) is 0 Å². The van der Waals surface area contributed by atoms with Gasteiger partial charge in [-0.1, -0.05) is 12.1 Å². The summed E-state index contributed by atoms with van der Waals surface area (Å²) in [4.78, 5) is 24.4. The molecule has 114 valence electrons. The summed E-state index contributed by atoms with van der Waals surface area (Å²) in [5, 5.41) is 11.6. The summed E-state index contributed by atoms with van der Waals surface area (Å²) < 4.78 is 5.13. The topological polar surface area (TPSA) is 78.9 Å². The zero-order valence-corrected chi connectivity index (χ0v) is 12.0. The Hall–Kier alpha value is -2.24. The summed E-state index contributed by atoms with van der Waals surface area (Å²) in [6.45, 7) is 0.649. The number of aliphatic carboxylic acids is 1. The summed E-state index contributed by atoms with van der Waals surface area (Å²) in [6, 6.07) is 7.45. The Bertz CT molecular complexity index is 514. The number of carboxylic acid groups (broad SMARTS) is 1. The van der Waals surface area contributed by atoms with Gasteiger partial charge in [-0.25, -0.2) is 4.79 Å². The van der Waals surface area contributed by atoms with E-state index in [2.05, 4.69) is 5.32 Å². The van der Waals surface area contributed by atoms with Gasteiger partial charge in [-0.3, -0.25) is 4.79 Å². The van der Waals surface area contributed by atoms with Crippen LogP contribution in [0.25, 0.3) is 0 Å². The molecule has 0 aromatic heterocycles. The smallest absolute Gasteiger partial charge is 0.317 e. The van der Waals surface area contributed by atoms with Crippen molar-refractivity contribution in [3.63, 3.8) is 0 Å². The maximum atomic E-state index is 12.2. The van der Waals surface area contributed by atoms with E-state index in [9.17, 15) is 9.59 Å². The number of rotatable bonds is 7. The third-order valence-corrected chi connectivity index (χ3v) is 3.39. The number of carboxylic acids is 1. The van der Waals surface area contributed by atoms with Gasteiger partial charge in [-0.15, -0.1) is 0 Å². The number of ether oxygens (including phenoxy) is 1. The van der Waals surface area contributed by atoms with E-state index in [4.69, 9.17) is 9.84 Å². The molecule has 0 unspecified atom stereocenters. The van der Waals surface area contributed by atoms with Gasteiger partial charge in [-0.2, -0.15) is 0 Å². The first-order valence-corrected chi connectivity index (χ1v) is 6.99. The Morgan fingerprint density at radius 2 is 2.19 bits per heavy atom. The van der Waals surface area contributed by atoms with Gasteiger partial charge in [0.2, 0.25) is 0 Å². The van der Waals surface area contributed by atoms with E-state index in [1.165, 1.54) is 0 Å². The summed E-state index contributed by atoms with van der Waals surface area (Å²) in [5.41, 5.74) is 0.941. The Balaban J connectivity index is 1.87. The molecule has 0 heterocycles. The van der Waals surface area contributed by atoms with Crippen molar-refractivity contribution in [2.45, 2.75) is 31.8 Å². The largest absolute Gasteiger partial charge is 0.497 e. The maximum Gasteiger partial charge on any atom is 0.317 e. The number of hydrogen-bond acceptors (Lipinski definition) is 3. The first-order chi connectivity index (χ1) is 10.1. The van der Waals surface area contributed by atoms with Gasteiger partial charge in [0.05, 0.1) is 13.5 Å². The fourth-order valence-electron chi connectivity index (χ4n) is 2.11. The first-order valence-electron chi connectivity index (χ1n) is 6.99. The Morgan fingerprint density at radius 1 is 1.43 bits per heavy atom. The lowest BCUT2D eigenvalue weighted by Crippen LogP contribution is -2.42. The summed E-state index contributed by atoms with van der Waals surface area (Å²) >= 11 is 0. The Morgan fingerprint density at radius 3 is 2.81 bits per heavy atom. The van der Waals surface area contributed by atoms with Gasteiger partial charge < -0.3 is 20.1 Å². The number of carbonyl (C=O) groups excluding carboxylic acids is 1. The van der Waals surface area contributed by atoms with Crippen LogP contribution in [-0.4, -0.2) is 41.7 Å². The van der Waals surface area contributed by atoms with Crippen LogP contribution in [-0.2, 0) is 11.3 Å². The van der Waals surface area contributed by atoms with Crippen molar-refractivity contribution in [2.24, 2.45) is 0 Å². The number of methoxy groups -OCH3 is 1. The predicted octanol–water partition coefficient (Wildman–Crippen LogP) is 1.84. The summed E-state index contributed by atoms with van der Waals surface area (Å²) in [6.07, 6.45) is 1.88. The minimum Gasteiger partial charge on any atom is -0.497 e.